The Morgan fingerprint density at radius 1 is 1.39 bits per heavy atom. The van der Waals surface area contributed by atoms with Gasteiger partial charge >= 0.3 is 0 Å². The molecule has 0 saturated heterocycles. The summed E-state index contributed by atoms with van der Waals surface area (Å²) in [6, 6.07) is 10.9. The molecule has 0 unspecified atom stereocenters. The standard InChI is InChI=1S/C14H12N2O2/c1-10-6-11(9-17)8-16-14(10)18-13-5-3-2-4-12(13)7-15/h2-6,8,17H,9H2,1H3. The minimum Gasteiger partial charge on any atom is -0.437 e. The Labute approximate surface area is 105 Å². The van der Waals surface area contributed by atoms with Gasteiger partial charge in [-0.15, -0.1) is 0 Å². The molecule has 18 heavy (non-hydrogen) atoms. The lowest BCUT2D eigenvalue weighted by Gasteiger charge is -2.09. The van der Waals surface area contributed by atoms with Gasteiger partial charge in [0.2, 0.25) is 5.88 Å². The Bertz CT molecular complexity index is 603. The summed E-state index contributed by atoms with van der Waals surface area (Å²) in [5.41, 5.74) is 2.01. The lowest BCUT2D eigenvalue weighted by molar-refractivity contribution is 0.281. The van der Waals surface area contributed by atoms with Gasteiger partial charge in [0.05, 0.1) is 12.2 Å². The Balaban J connectivity index is 2.32. The zero-order valence-corrected chi connectivity index (χ0v) is 9.92. The molecule has 0 fully saturated rings. The van der Waals surface area contributed by atoms with Crippen LogP contribution >= 0.6 is 0 Å². The number of aliphatic hydroxyl groups excluding tert-OH is 1. The van der Waals surface area contributed by atoms with Crippen LogP contribution in [0.5, 0.6) is 11.6 Å². The number of nitriles is 1. The molecule has 4 heteroatoms. The molecule has 1 aromatic carbocycles. The number of nitrogens with zero attached hydrogens (tertiary/aromatic N) is 2. The van der Waals surface area contributed by atoms with E-state index in [0.717, 1.165) is 11.1 Å². The lowest BCUT2D eigenvalue weighted by Crippen LogP contribution is -1.95. The van der Waals surface area contributed by atoms with E-state index in [4.69, 9.17) is 15.1 Å². The van der Waals surface area contributed by atoms with E-state index in [-0.39, 0.29) is 6.61 Å². The number of aliphatic hydroxyl groups is 1. The molecule has 0 spiro atoms. The number of pyridine rings is 1. The van der Waals surface area contributed by atoms with Gasteiger partial charge in [-0.3, -0.25) is 0 Å². The van der Waals surface area contributed by atoms with Gasteiger partial charge in [0.15, 0.2) is 0 Å². The van der Waals surface area contributed by atoms with Crippen molar-refractivity contribution in [1.82, 2.24) is 4.98 Å². The second kappa shape index (κ2) is 5.30. The fourth-order valence-electron chi connectivity index (χ4n) is 1.57. The van der Waals surface area contributed by atoms with Gasteiger partial charge in [-0.05, 0) is 30.7 Å². The molecular formula is C14H12N2O2. The van der Waals surface area contributed by atoms with Crippen LogP contribution in [0.3, 0.4) is 0 Å². The smallest absolute Gasteiger partial charge is 0.222 e. The minimum atomic E-state index is -0.0527. The number of benzene rings is 1. The molecule has 0 atom stereocenters. The normalized spacial score (nSPS) is 9.83. The molecule has 2 aromatic rings. The average molecular weight is 240 g/mol. The summed E-state index contributed by atoms with van der Waals surface area (Å²) in [4.78, 5) is 4.13. The molecule has 0 radical (unpaired) electrons. The second-order valence-corrected chi connectivity index (χ2v) is 3.83. The number of rotatable bonds is 3. The van der Waals surface area contributed by atoms with E-state index in [1.165, 1.54) is 0 Å². The molecule has 1 heterocycles. The van der Waals surface area contributed by atoms with Crippen LogP contribution in [-0.4, -0.2) is 10.1 Å². The molecule has 0 bridgehead atoms. The molecular weight excluding hydrogens is 228 g/mol. The van der Waals surface area contributed by atoms with E-state index in [1.807, 2.05) is 6.92 Å². The first kappa shape index (κ1) is 12.1. The van der Waals surface area contributed by atoms with E-state index in [9.17, 15) is 0 Å². The van der Waals surface area contributed by atoms with Crippen molar-refractivity contribution in [3.05, 3.63) is 53.2 Å². The molecule has 0 amide bonds. The van der Waals surface area contributed by atoms with E-state index < -0.39 is 0 Å². The first-order valence-corrected chi connectivity index (χ1v) is 5.48. The number of hydrogen-bond donors (Lipinski definition) is 1. The highest BCUT2D eigenvalue weighted by molar-refractivity contribution is 5.45. The third-order valence-electron chi connectivity index (χ3n) is 2.48. The fourth-order valence-corrected chi connectivity index (χ4v) is 1.57. The topological polar surface area (TPSA) is 66.1 Å². The van der Waals surface area contributed by atoms with Crippen LogP contribution in [0.1, 0.15) is 16.7 Å². The van der Waals surface area contributed by atoms with Crippen LogP contribution in [0.15, 0.2) is 36.5 Å². The Kier molecular flexibility index (Phi) is 3.56. The number of hydrogen-bond acceptors (Lipinski definition) is 4. The molecule has 0 aliphatic heterocycles. The summed E-state index contributed by atoms with van der Waals surface area (Å²) >= 11 is 0. The summed E-state index contributed by atoms with van der Waals surface area (Å²) in [6.07, 6.45) is 1.55. The highest BCUT2D eigenvalue weighted by atomic mass is 16.5. The molecule has 2 rings (SSSR count). The van der Waals surface area contributed by atoms with Crippen molar-refractivity contribution in [2.24, 2.45) is 0 Å². The molecule has 0 saturated carbocycles. The lowest BCUT2D eigenvalue weighted by atomic mass is 10.2. The third-order valence-corrected chi connectivity index (χ3v) is 2.48. The van der Waals surface area contributed by atoms with Gasteiger partial charge in [0, 0.05) is 11.8 Å². The van der Waals surface area contributed by atoms with Crippen LogP contribution in [0.2, 0.25) is 0 Å². The zero-order chi connectivity index (χ0) is 13.0. The number of aryl methyl sites for hydroxylation is 1. The van der Waals surface area contributed by atoms with Crippen molar-refractivity contribution < 1.29 is 9.84 Å². The van der Waals surface area contributed by atoms with Crippen LogP contribution < -0.4 is 4.74 Å². The van der Waals surface area contributed by atoms with Crippen LogP contribution in [0.4, 0.5) is 0 Å². The number of aromatic nitrogens is 1. The predicted octanol–water partition coefficient (Wildman–Crippen LogP) is 2.55. The van der Waals surface area contributed by atoms with Crippen molar-refractivity contribution in [2.45, 2.75) is 13.5 Å². The van der Waals surface area contributed by atoms with Crippen molar-refractivity contribution >= 4 is 0 Å². The van der Waals surface area contributed by atoms with Gasteiger partial charge < -0.3 is 9.84 Å². The molecule has 4 nitrogen and oxygen atoms in total. The molecule has 90 valence electrons. The highest BCUT2D eigenvalue weighted by Crippen LogP contribution is 2.25. The Morgan fingerprint density at radius 3 is 2.83 bits per heavy atom. The van der Waals surface area contributed by atoms with Crippen LogP contribution in [-0.2, 0) is 6.61 Å². The van der Waals surface area contributed by atoms with E-state index in [2.05, 4.69) is 11.1 Å². The Hall–Kier alpha value is -2.38. The van der Waals surface area contributed by atoms with Gasteiger partial charge in [0.1, 0.15) is 11.8 Å². The summed E-state index contributed by atoms with van der Waals surface area (Å²) in [7, 11) is 0. The van der Waals surface area contributed by atoms with Crippen molar-refractivity contribution in [2.75, 3.05) is 0 Å². The number of ether oxygens (including phenoxy) is 1. The molecule has 0 aliphatic rings. The first-order valence-electron chi connectivity index (χ1n) is 5.48. The van der Waals surface area contributed by atoms with Crippen LogP contribution in [0, 0.1) is 18.3 Å². The van der Waals surface area contributed by atoms with E-state index in [1.54, 1.807) is 36.5 Å². The van der Waals surface area contributed by atoms with Gasteiger partial charge in [-0.25, -0.2) is 4.98 Å². The average Bonchev–Trinajstić information content (AvgIpc) is 2.41. The monoisotopic (exact) mass is 240 g/mol. The molecule has 1 aromatic heterocycles. The maximum atomic E-state index is 9.00. The van der Waals surface area contributed by atoms with E-state index >= 15 is 0 Å². The SMILES string of the molecule is Cc1cc(CO)cnc1Oc1ccccc1C#N. The predicted molar refractivity (Wildman–Crippen MR) is 66.1 cm³/mol. The summed E-state index contributed by atoms with van der Waals surface area (Å²) < 4.78 is 5.62. The van der Waals surface area contributed by atoms with Gasteiger partial charge in [-0.2, -0.15) is 5.26 Å². The minimum absolute atomic E-state index is 0.0527. The molecule has 1 N–H and O–H groups in total. The molecule has 0 aliphatic carbocycles. The fraction of sp³-hybridized carbons (Fsp3) is 0.143. The summed E-state index contributed by atoms with van der Waals surface area (Å²) in [6.45, 7) is 1.79. The second-order valence-electron chi connectivity index (χ2n) is 3.83. The first-order chi connectivity index (χ1) is 8.74. The van der Waals surface area contributed by atoms with Crippen molar-refractivity contribution in [3.63, 3.8) is 0 Å². The maximum absolute atomic E-state index is 9.00. The largest absolute Gasteiger partial charge is 0.437 e. The Morgan fingerprint density at radius 2 is 2.17 bits per heavy atom. The maximum Gasteiger partial charge on any atom is 0.222 e. The van der Waals surface area contributed by atoms with Crippen molar-refractivity contribution in [1.29, 1.82) is 5.26 Å². The number of para-hydroxylation sites is 1. The quantitative estimate of drug-likeness (QED) is 0.895. The highest BCUT2D eigenvalue weighted by Gasteiger charge is 2.07. The van der Waals surface area contributed by atoms with Crippen molar-refractivity contribution in [3.8, 4) is 17.7 Å². The van der Waals surface area contributed by atoms with Gasteiger partial charge in [-0.1, -0.05) is 12.1 Å². The van der Waals surface area contributed by atoms with Crippen LogP contribution in [0.25, 0.3) is 0 Å². The summed E-state index contributed by atoms with van der Waals surface area (Å²) in [5, 5.41) is 18.0. The van der Waals surface area contributed by atoms with E-state index in [0.29, 0.717) is 17.2 Å². The van der Waals surface area contributed by atoms with Gasteiger partial charge in [0.25, 0.3) is 0 Å². The third kappa shape index (κ3) is 2.47. The summed E-state index contributed by atoms with van der Waals surface area (Å²) in [5.74, 6) is 0.919. The zero-order valence-electron chi connectivity index (χ0n) is 9.92.